The first kappa shape index (κ1) is 30.7. The van der Waals surface area contributed by atoms with Gasteiger partial charge in [0.15, 0.2) is 0 Å². The quantitative estimate of drug-likeness (QED) is 0.327. The summed E-state index contributed by atoms with van der Waals surface area (Å²) in [7, 11) is 6.43. The predicted molar refractivity (Wildman–Crippen MR) is 155 cm³/mol. The molecule has 0 saturated carbocycles. The average Bonchev–Trinajstić information content (AvgIpc) is 3.31. The van der Waals surface area contributed by atoms with Crippen molar-refractivity contribution in [3.05, 3.63) is 65.5 Å². The number of nitrogens with zero attached hydrogens (tertiary/aromatic N) is 6. The zero-order valence-electron chi connectivity index (χ0n) is 24.6. The molecule has 0 aromatic carbocycles. The molecule has 0 N–H and O–H groups in total. The molecule has 2 heterocycles. The summed E-state index contributed by atoms with van der Waals surface area (Å²) in [6.07, 6.45) is 13.7. The van der Waals surface area contributed by atoms with Crippen molar-refractivity contribution in [2.75, 3.05) is 47.4 Å². The lowest BCUT2D eigenvalue weighted by Crippen LogP contribution is -2.33. The summed E-state index contributed by atoms with van der Waals surface area (Å²) in [4.78, 5) is 16.7. The molecule has 2 aromatic rings. The number of likely N-dealkylation sites (N-methyl/N-ethyl adjacent to an activating group) is 2. The number of rotatable bonds is 13. The van der Waals surface area contributed by atoms with Gasteiger partial charge in [0.25, 0.3) is 0 Å². The van der Waals surface area contributed by atoms with Gasteiger partial charge in [-0.05, 0) is 78.9 Å². The molecule has 1 aliphatic carbocycles. The number of ether oxygens (including phenoxy) is 1. The number of imidazole rings is 1. The molecule has 1 atom stereocenters. The molecule has 0 amide bonds. The summed E-state index contributed by atoms with van der Waals surface area (Å²) in [6, 6.07) is 4.59. The van der Waals surface area contributed by atoms with Crippen molar-refractivity contribution >= 4 is 5.82 Å². The SMILES string of the molecule is C/C=C\C=C(\N(CC)CCN(C)C)n1cnc(CN(C)[C@H]2CCCc3cccnc32)c1COCC.CC. The first-order valence-corrected chi connectivity index (χ1v) is 14.0. The minimum atomic E-state index is 0.315. The van der Waals surface area contributed by atoms with Gasteiger partial charge in [-0.1, -0.05) is 32.1 Å². The molecular formula is C30H50N6O. The van der Waals surface area contributed by atoms with Crippen molar-refractivity contribution < 1.29 is 4.74 Å². The van der Waals surface area contributed by atoms with Gasteiger partial charge < -0.3 is 14.5 Å². The number of hydrogen-bond acceptors (Lipinski definition) is 6. The average molecular weight is 511 g/mol. The van der Waals surface area contributed by atoms with Crippen LogP contribution < -0.4 is 0 Å². The fourth-order valence-corrected chi connectivity index (χ4v) is 4.73. The van der Waals surface area contributed by atoms with E-state index in [2.05, 4.69) is 84.6 Å². The van der Waals surface area contributed by atoms with Crippen molar-refractivity contribution in [3.8, 4) is 0 Å². The van der Waals surface area contributed by atoms with E-state index in [9.17, 15) is 0 Å². The maximum absolute atomic E-state index is 5.95. The van der Waals surface area contributed by atoms with Gasteiger partial charge in [0.2, 0.25) is 0 Å². The number of pyridine rings is 1. The van der Waals surface area contributed by atoms with Crippen LogP contribution in [0.4, 0.5) is 0 Å². The van der Waals surface area contributed by atoms with Gasteiger partial charge in [-0.3, -0.25) is 14.5 Å². The first-order valence-electron chi connectivity index (χ1n) is 14.0. The van der Waals surface area contributed by atoms with Crippen molar-refractivity contribution in [2.24, 2.45) is 0 Å². The van der Waals surface area contributed by atoms with Crippen LogP contribution in [0.3, 0.4) is 0 Å². The minimum absolute atomic E-state index is 0.315. The van der Waals surface area contributed by atoms with E-state index in [0.717, 1.165) is 56.2 Å². The van der Waals surface area contributed by atoms with Crippen LogP contribution in [0.15, 0.2) is 42.9 Å². The molecular weight excluding hydrogens is 460 g/mol. The summed E-state index contributed by atoms with van der Waals surface area (Å²) in [5, 5.41) is 0. The highest BCUT2D eigenvalue weighted by molar-refractivity contribution is 5.48. The molecule has 2 aromatic heterocycles. The smallest absolute Gasteiger partial charge is 0.114 e. The molecule has 0 saturated heterocycles. The largest absolute Gasteiger partial charge is 0.375 e. The third-order valence-corrected chi connectivity index (χ3v) is 6.70. The third-order valence-electron chi connectivity index (χ3n) is 6.70. The maximum Gasteiger partial charge on any atom is 0.114 e. The first-order chi connectivity index (χ1) is 18.0. The van der Waals surface area contributed by atoms with Gasteiger partial charge in [-0.15, -0.1) is 0 Å². The Labute approximate surface area is 225 Å². The Hall–Kier alpha value is -2.48. The van der Waals surface area contributed by atoms with Crippen LogP contribution in [0, 0.1) is 0 Å². The van der Waals surface area contributed by atoms with Crippen molar-refractivity contribution in [3.63, 3.8) is 0 Å². The number of aromatic nitrogens is 3. The third kappa shape index (κ3) is 8.52. The minimum Gasteiger partial charge on any atom is -0.375 e. The Kier molecular flexibility index (Phi) is 13.6. The van der Waals surface area contributed by atoms with Crippen LogP contribution in [0.1, 0.15) is 76.1 Å². The molecule has 1 aliphatic rings. The van der Waals surface area contributed by atoms with Gasteiger partial charge in [0.1, 0.15) is 12.1 Å². The van der Waals surface area contributed by atoms with Crippen LogP contribution in [0.2, 0.25) is 0 Å². The second-order valence-electron chi connectivity index (χ2n) is 9.45. The fraction of sp³-hybridized carbons (Fsp3) is 0.600. The van der Waals surface area contributed by atoms with E-state index in [0.29, 0.717) is 19.3 Å². The van der Waals surface area contributed by atoms with Crippen molar-refractivity contribution in [1.29, 1.82) is 0 Å². The summed E-state index contributed by atoms with van der Waals surface area (Å²) in [5.74, 6) is 1.13. The molecule has 0 unspecified atom stereocenters. The highest BCUT2D eigenvalue weighted by Crippen LogP contribution is 2.33. The highest BCUT2D eigenvalue weighted by atomic mass is 16.5. The van der Waals surface area contributed by atoms with Crippen LogP contribution in [-0.2, 0) is 24.3 Å². The number of hydrogen-bond donors (Lipinski definition) is 0. The van der Waals surface area contributed by atoms with Gasteiger partial charge in [-0.25, -0.2) is 4.98 Å². The number of allylic oxidation sites excluding steroid dienone is 3. The zero-order chi connectivity index (χ0) is 27.2. The molecule has 0 fully saturated rings. The molecule has 0 bridgehead atoms. The van der Waals surface area contributed by atoms with E-state index >= 15 is 0 Å². The van der Waals surface area contributed by atoms with Crippen LogP contribution in [-0.4, -0.2) is 76.6 Å². The summed E-state index contributed by atoms with van der Waals surface area (Å²) in [5.41, 5.74) is 4.79. The Morgan fingerprint density at radius 1 is 1.16 bits per heavy atom. The Morgan fingerprint density at radius 3 is 2.62 bits per heavy atom. The summed E-state index contributed by atoms with van der Waals surface area (Å²) >= 11 is 0. The van der Waals surface area contributed by atoms with E-state index in [1.165, 1.54) is 17.7 Å². The Morgan fingerprint density at radius 2 is 1.95 bits per heavy atom. The zero-order valence-corrected chi connectivity index (χ0v) is 24.6. The summed E-state index contributed by atoms with van der Waals surface area (Å²) < 4.78 is 8.17. The molecule has 37 heavy (non-hydrogen) atoms. The molecule has 0 radical (unpaired) electrons. The van der Waals surface area contributed by atoms with Gasteiger partial charge in [0, 0.05) is 39.0 Å². The number of aryl methyl sites for hydroxylation is 1. The summed E-state index contributed by atoms with van der Waals surface area (Å²) in [6.45, 7) is 15.1. The van der Waals surface area contributed by atoms with E-state index < -0.39 is 0 Å². The van der Waals surface area contributed by atoms with E-state index in [-0.39, 0.29) is 0 Å². The maximum atomic E-state index is 5.95. The van der Waals surface area contributed by atoms with E-state index in [1.54, 1.807) is 0 Å². The lowest BCUT2D eigenvalue weighted by Gasteiger charge is -2.32. The van der Waals surface area contributed by atoms with E-state index in [1.807, 2.05) is 33.3 Å². The molecule has 0 aliphatic heterocycles. The van der Waals surface area contributed by atoms with Gasteiger partial charge in [0.05, 0.1) is 29.7 Å². The topological polar surface area (TPSA) is 49.7 Å². The molecule has 3 rings (SSSR count). The fourth-order valence-electron chi connectivity index (χ4n) is 4.73. The lowest BCUT2D eigenvalue weighted by molar-refractivity contribution is 0.127. The molecule has 7 nitrogen and oxygen atoms in total. The monoisotopic (exact) mass is 510 g/mol. The standard InChI is InChI=1S/C28H44N6O.C2H6/c1-7-10-16-27(33(8-2)19-18-31(4)5)34-22-30-24(26(34)21-35-9-3)20-32(6)25-15-11-13-23-14-12-17-29-28(23)25;1-2/h7,10,12,14,16-17,22,25H,8-9,11,13,15,18-21H2,1-6H3;1-2H3/b10-7-,27-16-;/t25-;/m0./s1. The highest BCUT2D eigenvalue weighted by Gasteiger charge is 2.27. The van der Waals surface area contributed by atoms with Crippen molar-refractivity contribution in [2.45, 2.75) is 73.1 Å². The molecule has 7 heteroatoms. The van der Waals surface area contributed by atoms with E-state index in [4.69, 9.17) is 14.7 Å². The Bertz CT molecular complexity index is 980. The van der Waals surface area contributed by atoms with Crippen LogP contribution in [0.5, 0.6) is 0 Å². The Balaban J connectivity index is 0.00000235. The van der Waals surface area contributed by atoms with Crippen LogP contribution in [0.25, 0.3) is 5.82 Å². The normalized spacial score (nSPS) is 15.7. The molecule has 206 valence electrons. The lowest BCUT2D eigenvalue weighted by atomic mass is 9.91. The van der Waals surface area contributed by atoms with Crippen molar-refractivity contribution in [1.82, 2.24) is 29.2 Å². The molecule has 0 spiro atoms. The number of fused-ring (bicyclic) bond motifs is 1. The predicted octanol–water partition coefficient (Wildman–Crippen LogP) is 5.61. The van der Waals surface area contributed by atoms with Crippen LogP contribution >= 0.6 is 0 Å². The van der Waals surface area contributed by atoms with Gasteiger partial charge in [-0.2, -0.15) is 0 Å². The second-order valence-corrected chi connectivity index (χ2v) is 9.45. The second kappa shape index (κ2) is 16.4. The van der Waals surface area contributed by atoms with Gasteiger partial charge >= 0.3 is 0 Å².